The highest BCUT2D eigenvalue weighted by Crippen LogP contribution is 2.31. The maximum Gasteiger partial charge on any atom is 0.241 e. The van der Waals surface area contributed by atoms with Crippen molar-refractivity contribution in [3.05, 3.63) is 17.0 Å². The third kappa shape index (κ3) is 3.17. The molecular weight excluding hydrogens is 308 g/mol. The molecular formula is C17H26N4O3. The third-order valence-electron chi connectivity index (χ3n) is 5.26. The molecule has 7 heteroatoms. The minimum atomic E-state index is -0.138. The largest absolute Gasteiger partial charge is 0.361 e. The Bertz CT molecular complexity index is 620. The zero-order chi connectivity index (χ0) is 17.4. The van der Waals surface area contributed by atoms with Crippen molar-refractivity contribution in [2.45, 2.75) is 39.3 Å². The number of likely N-dealkylation sites (tertiary alicyclic amines) is 2. The molecule has 2 atom stereocenters. The summed E-state index contributed by atoms with van der Waals surface area (Å²) < 4.78 is 5.25. The molecule has 2 amide bonds. The highest BCUT2D eigenvalue weighted by molar-refractivity contribution is 5.88. The zero-order valence-corrected chi connectivity index (χ0v) is 14.9. The topological polar surface area (TPSA) is 69.9 Å². The molecule has 132 valence electrons. The molecule has 0 unspecified atom stereocenters. The van der Waals surface area contributed by atoms with Crippen molar-refractivity contribution in [3.8, 4) is 0 Å². The summed E-state index contributed by atoms with van der Waals surface area (Å²) in [7, 11) is 3.45. The lowest BCUT2D eigenvalue weighted by atomic mass is 9.85. The van der Waals surface area contributed by atoms with Crippen molar-refractivity contribution in [3.63, 3.8) is 0 Å². The molecule has 0 saturated carbocycles. The fourth-order valence-electron chi connectivity index (χ4n) is 3.69. The summed E-state index contributed by atoms with van der Waals surface area (Å²) in [5.74, 6) is 1.36. The first-order valence-electron chi connectivity index (χ1n) is 8.51. The number of carbonyl (C=O) groups is 2. The van der Waals surface area contributed by atoms with E-state index in [4.69, 9.17) is 4.52 Å². The van der Waals surface area contributed by atoms with Gasteiger partial charge in [-0.1, -0.05) is 5.16 Å². The monoisotopic (exact) mass is 334 g/mol. The van der Waals surface area contributed by atoms with Gasteiger partial charge < -0.3 is 14.3 Å². The Hall–Kier alpha value is -1.89. The van der Waals surface area contributed by atoms with Gasteiger partial charge in [-0.3, -0.25) is 14.5 Å². The summed E-state index contributed by atoms with van der Waals surface area (Å²) in [6, 6.07) is -0.138. The van der Waals surface area contributed by atoms with Gasteiger partial charge in [0, 0.05) is 32.7 Å². The molecule has 24 heavy (non-hydrogen) atoms. The smallest absolute Gasteiger partial charge is 0.241 e. The number of carbonyl (C=O) groups excluding carboxylic acids is 2. The van der Waals surface area contributed by atoms with Crippen LogP contribution in [-0.4, -0.2) is 71.4 Å². The summed E-state index contributed by atoms with van der Waals surface area (Å²) in [6.07, 6.45) is 1.94. The van der Waals surface area contributed by atoms with E-state index < -0.39 is 0 Å². The van der Waals surface area contributed by atoms with Crippen LogP contribution in [0.25, 0.3) is 0 Å². The number of hydrogen-bond acceptors (Lipinski definition) is 5. The van der Waals surface area contributed by atoms with Crippen LogP contribution in [0.4, 0.5) is 0 Å². The van der Waals surface area contributed by atoms with Gasteiger partial charge in [-0.2, -0.15) is 0 Å². The minimum absolute atomic E-state index is 0.0272. The number of amides is 2. The normalized spacial score (nSPS) is 24.3. The van der Waals surface area contributed by atoms with Crippen LogP contribution in [0.2, 0.25) is 0 Å². The Labute approximate surface area is 142 Å². The Balaban J connectivity index is 1.73. The highest BCUT2D eigenvalue weighted by atomic mass is 16.5. The molecule has 2 saturated heterocycles. The van der Waals surface area contributed by atoms with E-state index in [-0.39, 0.29) is 24.4 Å². The molecule has 0 N–H and O–H groups in total. The van der Waals surface area contributed by atoms with Crippen molar-refractivity contribution >= 4 is 11.8 Å². The SMILES string of the molecule is Cc1noc(C)c1CN1CC[C@H]2C[C@@H]1C(=O)N(CC(=O)N(C)C)C2. The molecule has 3 rings (SSSR count). The summed E-state index contributed by atoms with van der Waals surface area (Å²) >= 11 is 0. The first-order chi connectivity index (χ1) is 11.4. The lowest BCUT2D eigenvalue weighted by Gasteiger charge is -2.46. The maximum absolute atomic E-state index is 12.9. The number of aromatic nitrogens is 1. The van der Waals surface area contributed by atoms with E-state index in [1.165, 1.54) is 0 Å². The van der Waals surface area contributed by atoms with E-state index in [1.807, 2.05) is 13.8 Å². The second-order valence-electron chi connectivity index (χ2n) is 7.19. The summed E-state index contributed by atoms with van der Waals surface area (Å²) in [5, 5.41) is 4.01. The van der Waals surface area contributed by atoms with E-state index in [1.54, 1.807) is 23.9 Å². The molecule has 2 fully saturated rings. The Morgan fingerprint density at radius 3 is 2.75 bits per heavy atom. The van der Waals surface area contributed by atoms with Gasteiger partial charge in [0.1, 0.15) is 5.76 Å². The van der Waals surface area contributed by atoms with Gasteiger partial charge in [0.05, 0.1) is 18.3 Å². The Morgan fingerprint density at radius 1 is 1.38 bits per heavy atom. The lowest BCUT2D eigenvalue weighted by Crippen LogP contribution is -2.59. The Morgan fingerprint density at radius 2 is 2.12 bits per heavy atom. The number of fused-ring (bicyclic) bond motifs is 2. The van der Waals surface area contributed by atoms with E-state index in [0.717, 1.165) is 36.4 Å². The zero-order valence-electron chi connectivity index (χ0n) is 14.9. The molecule has 7 nitrogen and oxygen atoms in total. The minimum Gasteiger partial charge on any atom is -0.361 e. The number of aryl methyl sites for hydroxylation is 2. The van der Waals surface area contributed by atoms with E-state index in [9.17, 15) is 9.59 Å². The van der Waals surface area contributed by atoms with Gasteiger partial charge in [0.2, 0.25) is 11.8 Å². The number of hydrogen-bond donors (Lipinski definition) is 0. The van der Waals surface area contributed by atoms with Crippen LogP contribution >= 0.6 is 0 Å². The first-order valence-corrected chi connectivity index (χ1v) is 8.51. The van der Waals surface area contributed by atoms with Crippen LogP contribution in [0, 0.1) is 19.8 Å². The van der Waals surface area contributed by atoms with Crippen molar-refractivity contribution in [1.82, 2.24) is 19.9 Å². The second-order valence-corrected chi connectivity index (χ2v) is 7.19. The van der Waals surface area contributed by atoms with E-state index in [2.05, 4.69) is 10.1 Å². The molecule has 0 spiro atoms. The van der Waals surface area contributed by atoms with Crippen molar-refractivity contribution in [1.29, 1.82) is 0 Å². The van der Waals surface area contributed by atoms with Crippen molar-refractivity contribution < 1.29 is 14.1 Å². The summed E-state index contributed by atoms with van der Waals surface area (Å²) in [6.45, 7) is 6.31. The van der Waals surface area contributed by atoms with Crippen LogP contribution in [0.1, 0.15) is 29.9 Å². The molecule has 2 bridgehead atoms. The average molecular weight is 334 g/mol. The average Bonchev–Trinajstić information content (AvgIpc) is 2.85. The number of rotatable bonds is 4. The molecule has 2 aliphatic rings. The standard InChI is InChI=1S/C17H26N4O3/c1-11-14(12(2)24-18-11)9-20-6-5-13-7-15(20)17(23)21(8-13)10-16(22)19(3)4/h13,15H,5-10H2,1-4H3/t13-,15+/m0/s1. The number of piperidine rings is 2. The van der Waals surface area contributed by atoms with Crippen LogP contribution in [0.5, 0.6) is 0 Å². The molecule has 0 aromatic carbocycles. The lowest BCUT2D eigenvalue weighted by molar-refractivity contribution is -0.150. The first kappa shape index (κ1) is 17.0. The quantitative estimate of drug-likeness (QED) is 0.815. The predicted molar refractivity (Wildman–Crippen MR) is 88.2 cm³/mol. The summed E-state index contributed by atoms with van der Waals surface area (Å²) in [4.78, 5) is 30.4. The number of nitrogens with zero attached hydrogens (tertiary/aromatic N) is 4. The number of likely N-dealkylation sites (N-methyl/N-ethyl adjacent to an activating group) is 1. The van der Waals surface area contributed by atoms with E-state index >= 15 is 0 Å². The fourth-order valence-corrected chi connectivity index (χ4v) is 3.69. The van der Waals surface area contributed by atoms with Gasteiger partial charge in [-0.05, 0) is 39.2 Å². The van der Waals surface area contributed by atoms with Crippen LogP contribution in [-0.2, 0) is 16.1 Å². The summed E-state index contributed by atoms with van der Waals surface area (Å²) in [5.41, 5.74) is 1.96. The van der Waals surface area contributed by atoms with Crippen LogP contribution < -0.4 is 0 Å². The van der Waals surface area contributed by atoms with Gasteiger partial charge >= 0.3 is 0 Å². The molecule has 1 aromatic rings. The Kier molecular flexibility index (Phi) is 4.62. The maximum atomic E-state index is 12.9. The van der Waals surface area contributed by atoms with Crippen molar-refractivity contribution in [2.75, 3.05) is 33.7 Å². The van der Waals surface area contributed by atoms with Crippen LogP contribution in [0.3, 0.4) is 0 Å². The molecule has 3 heterocycles. The third-order valence-corrected chi connectivity index (χ3v) is 5.26. The molecule has 0 radical (unpaired) electrons. The molecule has 2 aliphatic heterocycles. The van der Waals surface area contributed by atoms with Crippen molar-refractivity contribution in [2.24, 2.45) is 5.92 Å². The van der Waals surface area contributed by atoms with Gasteiger partial charge in [-0.15, -0.1) is 0 Å². The molecule has 1 aromatic heterocycles. The van der Waals surface area contributed by atoms with E-state index in [0.29, 0.717) is 19.0 Å². The highest BCUT2D eigenvalue weighted by Gasteiger charge is 2.42. The van der Waals surface area contributed by atoms with Crippen LogP contribution in [0.15, 0.2) is 4.52 Å². The van der Waals surface area contributed by atoms with Gasteiger partial charge in [-0.25, -0.2) is 0 Å². The fraction of sp³-hybridized carbons (Fsp3) is 0.706. The van der Waals surface area contributed by atoms with Gasteiger partial charge in [0.15, 0.2) is 0 Å². The predicted octanol–water partition coefficient (Wildman–Crippen LogP) is 0.802. The second kappa shape index (κ2) is 6.55. The molecule has 0 aliphatic carbocycles. The van der Waals surface area contributed by atoms with Gasteiger partial charge in [0.25, 0.3) is 0 Å².